The number of carbonyl (C=O) groups is 1. The summed E-state index contributed by atoms with van der Waals surface area (Å²) in [6.07, 6.45) is 3.02. The maximum Gasteiger partial charge on any atom is 0.271 e. The molecule has 0 atom stereocenters. The lowest BCUT2D eigenvalue weighted by Crippen LogP contribution is -2.38. The molecule has 1 amide bonds. The van der Waals surface area contributed by atoms with Gasteiger partial charge in [-0.3, -0.25) is 4.79 Å². The molecular weight excluding hydrogens is 310 g/mol. The summed E-state index contributed by atoms with van der Waals surface area (Å²) in [7, 11) is -3.90. The molecule has 1 aliphatic heterocycles. The van der Waals surface area contributed by atoms with E-state index in [4.69, 9.17) is 5.73 Å². The highest BCUT2D eigenvalue weighted by atomic mass is 32.2. The van der Waals surface area contributed by atoms with Gasteiger partial charge in [-0.15, -0.1) is 11.3 Å². The van der Waals surface area contributed by atoms with Crippen molar-refractivity contribution < 1.29 is 13.2 Å². The van der Waals surface area contributed by atoms with Crippen LogP contribution in [-0.2, 0) is 14.8 Å². The van der Waals surface area contributed by atoms with Gasteiger partial charge < -0.3 is 5.73 Å². The average molecular weight is 321 g/mol. The molecule has 3 rings (SSSR count). The van der Waals surface area contributed by atoms with Crippen LogP contribution in [-0.4, -0.2) is 19.3 Å². The maximum atomic E-state index is 12.8. The lowest BCUT2D eigenvalue weighted by molar-refractivity contribution is -0.114. The van der Waals surface area contributed by atoms with Gasteiger partial charge in [-0.1, -0.05) is 18.2 Å². The third-order valence-corrected chi connectivity index (χ3v) is 5.78. The van der Waals surface area contributed by atoms with Crippen LogP contribution in [0.2, 0.25) is 0 Å². The Labute approximate surface area is 125 Å². The van der Waals surface area contributed by atoms with Crippen LogP contribution in [0.3, 0.4) is 0 Å². The molecule has 0 saturated carbocycles. The molecule has 6 nitrogen and oxygen atoms in total. The molecule has 0 spiro atoms. The molecule has 0 saturated heterocycles. The topological polar surface area (TPSA) is 93.4 Å². The van der Waals surface area contributed by atoms with Crippen molar-refractivity contribution in [3.8, 4) is 0 Å². The Hall–Kier alpha value is -2.19. The summed E-state index contributed by atoms with van der Waals surface area (Å²) in [5.74, 6) is -0.819. The number of fused-ring (bicyclic) bond motifs is 1. The van der Waals surface area contributed by atoms with Crippen LogP contribution in [0.5, 0.6) is 0 Å². The number of primary amides is 1. The number of carbonyl (C=O) groups excluding carboxylic acids is 1. The van der Waals surface area contributed by atoms with Gasteiger partial charge in [0.2, 0.25) is 5.13 Å². The van der Waals surface area contributed by atoms with Crippen molar-refractivity contribution >= 4 is 38.5 Å². The number of nitrogens with two attached hydrogens (primary N) is 1. The lowest BCUT2D eigenvalue weighted by atomic mass is 10.2. The fourth-order valence-electron chi connectivity index (χ4n) is 2.08. The molecule has 108 valence electrons. The van der Waals surface area contributed by atoms with Crippen molar-refractivity contribution in [2.45, 2.75) is 11.8 Å². The maximum absolute atomic E-state index is 12.8. The second-order valence-electron chi connectivity index (χ2n) is 4.45. The van der Waals surface area contributed by atoms with E-state index in [0.717, 1.165) is 9.18 Å². The molecule has 0 bridgehead atoms. The Balaban J connectivity index is 2.31. The first kappa shape index (κ1) is 13.8. The van der Waals surface area contributed by atoms with E-state index in [2.05, 4.69) is 4.98 Å². The molecule has 8 heteroatoms. The van der Waals surface area contributed by atoms with Crippen LogP contribution >= 0.6 is 11.3 Å². The fourth-order valence-corrected chi connectivity index (χ4v) is 4.69. The van der Waals surface area contributed by atoms with E-state index in [1.54, 1.807) is 31.3 Å². The summed E-state index contributed by atoms with van der Waals surface area (Å²) < 4.78 is 26.5. The largest absolute Gasteiger partial charge is 0.364 e. The SMILES string of the molecule is Cc1cnc(N2C(C(N)=O)=Cc3ccccc3S2(=O)=O)s1. The van der Waals surface area contributed by atoms with Crippen LogP contribution in [0, 0.1) is 6.92 Å². The Morgan fingerprint density at radius 1 is 1.33 bits per heavy atom. The van der Waals surface area contributed by atoms with Crippen molar-refractivity contribution in [3.05, 3.63) is 46.6 Å². The lowest BCUT2D eigenvalue weighted by Gasteiger charge is -2.27. The predicted octanol–water partition coefficient (Wildman–Crippen LogP) is 1.49. The molecule has 0 fully saturated rings. The number of hydrogen-bond donors (Lipinski definition) is 1. The van der Waals surface area contributed by atoms with E-state index < -0.39 is 15.9 Å². The van der Waals surface area contributed by atoms with Crippen LogP contribution < -0.4 is 10.0 Å². The first-order chi connectivity index (χ1) is 9.91. The number of aryl methyl sites for hydroxylation is 1. The molecule has 1 aliphatic rings. The second kappa shape index (κ2) is 4.68. The van der Waals surface area contributed by atoms with Gasteiger partial charge in [0.05, 0.1) is 4.90 Å². The number of amides is 1. The number of aromatic nitrogens is 1. The van der Waals surface area contributed by atoms with Gasteiger partial charge in [0.15, 0.2) is 0 Å². The highest BCUT2D eigenvalue weighted by Crippen LogP contribution is 2.36. The van der Waals surface area contributed by atoms with E-state index in [9.17, 15) is 13.2 Å². The number of rotatable bonds is 2. The quantitative estimate of drug-likeness (QED) is 0.906. The van der Waals surface area contributed by atoms with Crippen molar-refractivity contribution in [3.63, 3.8) is 0 Å². The van der Waals surface area contributed by atoms with Crippen molar-refractivity contribution in [2.75, 3.05) is 4.31 Å². The number of thiazole rings is 1. The molecule has 2 aromatic rings. The molecule has 2 heterocycles. The van der Waals surface area contributed by atoms with Crippen LogP contribution in [0.1, 0.15) is 10.4 Å². The van der Waals surface area contributed by atoms with Crippen LogP contribution in [0.15, 0.2) is 41.1 Å². The van der Waals surface area contributed by atoms with Crippen molar-refractivity contribution in [1.29, 1.82) is 0 Å². The minimum Gasteiger partial charge on any atom is -0.364 e. The number of hydrogen-bond acceptors (Lipinski definition) is 5. The third-order valence-electron chi connectivity index (χ3n) is 2.98. The molecule has 0 aliphatic carbocycles. The van der Waals surface area contributed by atoms with E-state index in [1.807, 2.05) is 0 Å². The van der Waals surface area contributed by atoms with E-state index in [-0.39, 0.29) is 15.7 Å². The molecular formula is C13H11N3O3S2. The number of benzene rings is 1. The minimum absolute atomic E-state index is 0.108. The van der Waals surface area contributed by atoms with Crippen LogP contribution in [0.4, 0.5) is 5.13 Å². The van der Waals surface area contributed by atoms with Gasteiger partial charge in [0.1, 0.15) is 5.70 Å². The molecule has 1 aromatic carbocycles. The summed E-state index contributed by atoms with van der Waals surface area (Å²) in [5.41, 5.74) is 5.68. The Morgan fingerprint density at radius 2 is 2.05 bits per heavy atom. The number of sulfonamides is 1. The van der Waals surface area contributed by atoms with Gasteiger partial charge in [-0.25, -0.2) is 17.7 Å². The molecule has 21 heavy (non-hydrogen) atoms. The third kappa shape index (κ3) is 2.12. The second-order valence-corrected chi connectivity index (χ2v) is 7.42. The van der Waals surface area contributed by atoms with Crippen LogP contribution in [0.25, 0.3) is 6.08 Å². The first-order valence-electron chi connectivity index (χ1n) is 5.99. The average Bonchev–Trinajstić information content (AvgIpc) is 2.84. The number of anilines is 1. The fraction of sp³-hybridized carbons (Fsp3) is 0.0769. The van der Waals surface area contributed by atoms with E-state index >= 15 is 0 Å². The summed E-state index contributed by atoms with van der Waals surface area (Å²) in [6, 6.07) is 6.45. The summed E-state index contributed by atoms with van der Waals surface area (Å²) in [4.78, 5) is 16.7. The highest BCUT2D eigenvalue weighted by molar-refractivity contribution is 7.93. The summed E-state index contributed by atoms with van der Waals surface area (Å²) in [5, 5.41) is 0.201. The normalized spacial score (nSPS) is 16.2. The first-order valence-corrected chi connectivity index (χ1v) is 8.25. The molecule has 2 N–H and O–H groups in total. The predicted molar refractivity (Wildman–Crippen MR) is 80.1 cm³/mol. The zero-order valence-corrected chi connectivity index (χ0v) is 12.6. The van der Waals surface area contributed by atoms with Crippen molar-refractivity contribution in [2.24, 2.45) is 5.73 Å². The molecule has 0 unspecified atom stereocenters. The van der Waals surface area contributed by atoms with Gasteiger partial charge in [0, 0.05) is 11.1 Å². The molecule has 1 aromatic heterocycles. The smallest absolute Gasteiger partial charge is 0.271 e. The minimum atomic E-state index is -3.90. The Kier molecular flexibility index (Phi) is 3.07. The number of nitrogens with zero attached hydrogens (tertiary/aromatic N) is 2. The monoisotopic (exact) mass is 321 g/mol. The van der Waals surface area contributed by atoms with Gasteiger partial charge >= 0.3 is 0 Å². The van der Waals surface area contributed by atoms with Crippen molar-refractivity contribution in [1.82, 2.24) is 4.98 Å². The van der Waals surface area contributed by atoms with Gasteiger partial charge in [-0.05, 0) is 24.6 Å². The van der Waals surface area contributed by atoms with E-state index in [0.29, 0.717) is 5.56 Å². The Bertz CT molecular complexity index is 868. The summed E-state index contributed by atoms with van der Waals surface area (Å²) in [6.45, 7) is 1.80. The zero-order chi connectivity index (χ0) is 15.2. The van der Waals surface area contributed by atoms with Gasteiger partial charge in [0.25, 0.3) is 15.9 Å². The zero-order valence-electron chi connectivity index (χ0n) is 11.0. The highest BCUT2D eigenvalue weighted by Gasteiger charge is 2.37. The Morgan fingerprint density at radius 3 is 2.67 bits per heavy atom. The standard InChI is InChI=1S/C13H11N3O3S2/c1-8-7-15-13(20-8)16-10(12(14)17)6-9-4-2-3-5-11(9)21(16,18)19/h2-7H,1H3,(H2,14,17). The van der Waals surface area contributed by atoms with E-state index in [1.165, 1.54) is 23.5 Å². The molecule has 0 radical (unpaired) electrons. The van der Waals surface area contributed by atoms with Gasteiger partial charge in [-0.2, -0.15) is 0 Å². The summed E-state index contributed by atoms with van der Waals surface area (Å²) >= 11 is 1.18.